The molecule has 5 rings (SSSR count). The molecule has 1 heteroatoms. The summed E-state index contributed by atoms with van der Waals surface area (Å²) in [6.45, 7) is 2.28. The van der Waals surface area contributed by atoms with Gasteiger partial charge in [0.25, 0.3) is 0 Å². The maximum absolute atomic E-state index is 6.41. The van der Waals surface area contributed by atoms with Crippen molar-refractivity contribution in [2.45, 2.75) is 51.9 Å². The van der Waals surface area contributed by atoms with E-state index in [2.05, 4.69) is 67.6 Å². The van der Waals surface area contributed by atoms with Crippen LogP contribution in [0.15, 0.2) is 60.7 Å². The number of anilines is 1. The van der Waals surface area contributed by atoms with Crippen LogP contribution >= 0.6 is 0 Å². The maximum atomic E-state index is 6.41. The van der Waals surface area contributed by atoms with Crippen molar-refractivity contribution in [1.82, 2.24) is 0 Å². The van der Waals surface area contributed by atoms with Crippen LogP contribution in [0, 0.1) is 0 Å². The van der Waals surface area contributed by atoms with E-state index in [1.54, 1.807) is 0 Å². The first-order valence-corrected chi connectivity index (χ1v) is 11.2. The third kappa shape index (κ3) is 3.00. The first kappa shape index (κ1) is 18.2. The molecule has 0 heterocycles. The largest absolute Gasteiger partial charge is 0.398 e. The van der Waals surface area contributed by atoms with Crippen molar-refractivity contribution >= 4 is 48.8 Å². The Hall–Kier alpha value is -2.80. The Bertz CT molecular complexity index is 1290. The van der Waals surface area contributed by atoms with Crippen LogP contribution in [0.3, 0.4) is 0 Å². The number of benzene rings is 5. The molecule has 5 aromatic rings. The van der Waals surface area contributed by atoms with Gasteiger partial charge in [0.2, 0.25) is 0 Å². The molecule has 0 unspecified atom stereocenters. The summed E-state index contributed by atoms with van der Waals surface area (Å²) < 4.78 is 0. The molecular weight excluding hydrogens is 350 g/mol. The summed E-state index contributed by atoms with van der Waals surface area (Å²) in [4.78, 5) is 0. The Kier molecular flexibility index (Phi) is 4.75. The van der Waals surface area contributed by atoms with Crippen LogP contribution in [0.25, 0.3) is 43.1 Å². The molecule has 0 saturated carbocycles. The summed E-state index contributed by atoms with van der Waals surface area (Å²) in [6, 6.07) is 22.3. The van der Waals surface area contributed by atoms with E-state index in [1.807, 2.05) is 0 Å². The second-order valence-corrected chi connectivity index (χ2v) is 8.45. The van der Waals surface area contributed by atoms with Gasteiger partial charge < -0.3 is 5.73 Å². The normalized spacial score (nSPS) is 12.0. The van der Waals surface area contributed by atoms with E-state index in [-0.39, 0.29) is 0 Å². The number of hydrogen-bond donors (Lipinski definition) is 1. The molecule has 0 radical (unpaired) electrons. The molecule has 0 fully saturated rings. The fourth-order valence-corrected chi connectivity index (χ4v) is 5.12. The number of hydrogen-bond acceptors (Lipinski definition) is 1. The van der Waals surface area contributed by atoms with Gasteiger partial charge in [0.05, 0.1) is 0 Å². The van der Waals surface area contributed by atoms with Gasteiger partial charge in [0, 0.05) is 11.1 Å². The number of nitrogens with two attached hydrogens (primary N) is 1. The molecule has 5 aromatic carbocycles. The lowest BCUT2D eigenvalue weighted by atomic mass is 9.86. The standard InChI is InChI=1S/C28H29N/c1-2-3-4-5-6-7-10-20-15-16-23-25(29)18-17-22-21-13-8-11-19-12-9-14-24(26(19)21)27(20)28(22)23/h8-9,11-18H,2-7,10,29H2,1H3. The van der Waals surface area contributed by atoms with E-state index in [1.165, 1.54) is 87.2 Å². The molecule has 0 aliphatic heterocycles. The number of unbranched alkanes of at least 4 members (excludes halogenated alkanes) is 5. The van der Waals surface area contributed by atoms with Crippen LogP contribution in [-0.2, 0) is 6.42 Å². The van der Waals surface area contributed by atoms with Crippen LogP contribution in [0.1, 0.15) is 51.0 Å². The Morgan fingerprint density at radius 3 is 2.10 bits per heavy atom. The molecule has 0 atom stereocenters. The third-order valence-corrected chi connectivity index (χ3v) is 6.57. The van der Waals surface area contributed by atoms with Crippen molar-refractivity contribution in [3.8, 4) is 0 Å². The minimum atomic E-state index is 0.877. The highest BCUT2D eigenvalue weighted by Gasteiger charge is 2.16. The third-order valence-electron chi connectivity index (χ3n) is 6.57. The van der Waals surface area contributed by atoms with Gasteiger partial charge in [-0.3, -0.25) is 0 Å². The number of rotatable bonds is 7. The summed E-state index contributed by atoms with van der Waals surface area (Å²) in [5.41, 5.74) is 8.76. The van der Waals surface area contributed by atoms with Crippen molar-refractivity contribution in [3.63, 3.8) is 0 Å². The predicted octanol–water partition coefficient (Wildman–Crippen LogP) is 8.22. The van der Waals surface area contributed by atoms with E-state index in [0.29, 0.717) is 0 Å². The van der Waals surface area contributed by atoms with Crippen LogP contribution in [0.4, 0.5) is 5.69 Å². The van der Waals surface area contributed by atoms with E-state index in [4.69, 9.17) is 5.73 Å². The van der Waals surface area contributed by atoms with Gasteiger partial charge in [0.1, 0.15) is 0 Å². The molecule has 0 aromatic heterocycles. The number of fused-ring (bicyclic) bond motifs is 2. The summed E-state index contributed by atoms with van der Waals surface area (Å²) >= 11 is 0. The molecule has 0 aliphatic carbocycles. The van der Waals surface area contributed by atoms with E-state index in [9.17, 15) is 0 Å². The second-order valence-electron chi connectivity index (χ2n) is 8.45. The average Bonchev–Trinajstić information content (AvgIpc) is 2.75. The zero-order valence-corrected chi connectivity index (χ0v) is 17.3. The monoisotopic (exact) mass is 379 g/mol. The van der Waals surface area contributed by atoms with Gasteiger partial charge in [0.15, 0.2) is 0 Å². The molecule has 0 spiro atoms. The first-order chi connectivity index (χ1) is 14.3. The zero-order chi connectivity index (χ0) is 19.8. The van der Waals surface area contributed by atoms with Crippen LogP contribution < -0.4 is 5.73 Å². The summed E-state index contributed by atoms with van der Waals surface area (Å²) in [6.07, 6.45) is 9.12. The van der Waals surface area contributed by atoms with Gasteiger partial charge >= 0.3 is 0 Å². The minimum absolute atomic E-state index is 0.877. The highest BCUT2D eigenvalue weighted by atomic mass is 14.5. The van der Waals surface area contributed by atoms with E-state index in [0.717, 1.165) is 12.1 Å². The fourth-order valence-electron chi connectivity index (χ4n) is 5.12. The highest BCUT2D eigenvalue weighted by molar-refractivity contribution is 6.34. The van der Waals surface area contributed by atoms with Gasteiger partial charge in [-0.15, -0.1) is 0 Å². The van der Waals surface area contributed by atoms with Gasteiger partial charge in [-0.1, -0.05) is 93.6 Å². The van der Waals surface area contributed by atoms with Gasteiger partial charge in [-0.05, 0) is 62.2 Å². The maximum Gasteiger partial charge on any atom is 0.0394 e. The second kappa shape index (κ2) is 7.55. The Morgan fingerprint density at radius 2 is 1.28 bits per heavy atom. The molecule has 0 amide bonds. The zero-order valence-electron chi connectivity index (χ0n) is 17.3. The van der Waals surface area contributed by atoms with Gasteiger partial charge in [-0.25, -0.2) is 0 Å². The number of aryl methyl sites for hydroxylation is 1. The fraction of sp³-hybridized carbons (Fsp3) is 0.286. The Labute approximate surface area is 172 Å². The van der Waals surface area contributed by atoms with Crippen LogP contribution in [-0.4, -0.2) is 0 Å². The summed E-state index contributed by atoms with van der Waals surface area (Å²) in [5.74, 6) is 0. The first-order valence-electron chi connectivity index (χ1n) is 11.2. The van der Waals surface area contributed by atoms with Crippen molar-refractivity contribution < 1.29 is 0 Å². The van der Waals surface area contributed by atoms with E-state index >= 15 is 0 Å². The highest BCUT2D eigenvalue weighted by Crippen LogP contribution is 2.43. The minimum Gasteiger partial charge on any atom is -0.398 e. The smallest absolute Gasteiger partial charge is 0.0394 e. The lowest BCUT2D eigenvalue weighted by molar-refractivity contribution is 0.608. The summed E-state index contributed by atoms with van der Waals surface area (Å²) in [5, 5.41) is 10.7. The lowest BCUT2D eigenvalue weighted by Crippen LogP contribution is -1.95. The van der Waals surface area contributed by atoms with Crippen molar-refractivity contribution in [2.75, 3.05) is 5.73 Å². The lowest BCUT2D eigenvalue weighted by Gasteiger charge is -2.18. The Balaban J connectivity index is 1.72. The molecule has 29 heavy (non-hydrogen) atoms. The molecule has 0 saturated heterocycles. The number of nitrogen functional groups attached to an aromatic ring is 1. The predicted molar refractivity (Wildman–Crippen MR) is 129 cm³/mol. The molecule has 1 nitrogen and oxygen atoms in total. The van der Waals surface area contributed by atoms with Crippen molar-refractivity contribution in [2.24, 2.45) is 0 Å². The van der Waals surface area contributed by atoms with Crippen molar-refractivity contribution in [1.29, 1.82) is 0 Å². The SMILES string of the molecule is CCCCCCCCc1ccc2c(N)ccc3c4cccc5cccc(c1c23)c54. The molecule has 0 bridgehead atoms. The van der Waals surface area contributed by atoms with Gasteiger partial charge in [-0.2, -0.15) is 0 Å². The van der Waals surface area contributed by atoms with Crippen LogP contribution in [0.5, 0.6) is 0 Å². The Morgan fingerprint density at radius 1 is 0.586 bits per heavy atom. The topological polar surface area (TPSA) is 26.0 Å². The molecule has 0 aliphatic rings. The quantitative estimate of drug-likeness (QED) is 0.131. The summed E-state index contributed by atoms with van der Waals surface area (Å²) in [7, 11) is 0. The average molecular weight is 380 g/mol. The van der Waals surface area contributed by atoms with E-state index < -0.39 is 0 Å². The molecule has 2 N–H and O–H groups in total. The van der Waals surface area contributed by atoms with Crippen molar-refractivity contribution in [3.05, 3.63) is 66.2 Å². The molecule has 146 valence electrons. The molecular formula is C28H29N. The van der Waals surface area contributed by atoms with Crippen LogP contribution in [0.2, 0.25) is 0 Å².